The first-order valence-electron chi connectivity index (χ1n) is 5.70. The summed E-state index contributed by atoms with van der Waals surface area (Å²) in [4.78, 5) is 1.39. The van der Waals surface area contributed by atoms with Crippen molar-refractivity contribution >= 4 is 11.8 Å². The van der Waals surface area contributed by atoms with Gasteiger partial charge in [0, 0.05) is 22.8 Å². The van der Waals surface area contributed by atoms with Crippen LogP contribution in [-0.4, -0.2) is 10.9 Å². The van der Waals surface area contributed by atoms with E-state index in [1.807, 2.05) is 24.8 Å². The van der Waals surface area contributed by atoms with Gasteiger partial charge >= 0.3 is 0 Å². The maximum atomic E-state index is 5.19. The number of benzene rings is 1. The molecule has 4 heteroatoms. The van der Waals surface area contributed by atoms with Gasteiger partial charge < -0.3 is 9.84 Å². The SMILES string of the molecule is Cc1cc(CNC2CSc3ccccc32)on1. The smallest absolute Gasteiger partial charge is 0.150 e. The van der Waals surface area contributed by atoms with Crippen LogP contribution in [0.3, 0.4) is 0 Å². The second kappa shape index (κ2) is 4.55. The number of nitrogens with zero attached hydrogens (tertiary/aromatic N) is 1. The first-order chi connectivity index (χ1) is 8.33. The lowest BCUT2D eigenvalue weighted by atomic mass is 10.1. The topological polar surface area (TPSA) is 38.1 Å². The first kappa shape index (κ1) is 10.9. The number of rotatable bonds is 3. The monoisotopic (exact) mass is 246 g/mol. The lowest BCUT2D eigenvalue weighted by molar-refractivity contribution is 0.364. The molecule has 1 aromatic heterocycles. The molecule has 0 saturated carbocycles. The molecule has 3 nitrogen and oxygen atoms in total. The van der Waals surface area contributed by atoms with Crippen molar-refractivity contribution in [1.82, 2.24) is 10.5 Å². The van der Waals surface area contributed by atoms with Gasteiger partial charge in [-0.1, -0.05) is 23.4 Å². The van der Waals surface area contributed by atoms with Gasteiger partial charge in [-0.3, -0.25) is 0 Å². The van der Waals surface area contributed by atoms with Gasteiger partial charge in [-0.2, -0.15) is 0 Å². The molecule has 1 atom stereocenters. The minimum atomic E-state index is 0.418. The summed E-state index contributed by atoms with van der Waals surface area (Å²) in [5.74, 6) is 1.99. The van der Waals surface area contributed by atoms with E-state index in [1.54, 1.807) is 0 Å². The van der Waals surface area contributed by atoms with Gasteiger partial charge in [0.05, 0.1) is 12.2 Å². The molecule has 0 radical (unpaired) electrons. The van der Waals surface area contributed by atoms with Crippen molar-refractivity contribution in [3.05, 3.63) is 47.3 Å². The van der Waals surface area contributed by atoms with Crippen LogP contribution >= 0.6 is 11.8 Å². The molecular formula is C13H14N2OS. The zero-order chi connectivity index (χ0) is 11.7. The second-order valence-corrected chi connectivity index (χ2v) is 5.28. The normalized spacial score (nSPS) is 18.3. The maximum absolute atomic E-state index is 5.19. The average molecular weight is 246 g/mol. The summed E-state index contributed by atoms with van der Waals surface area (Å²) in [5, 5.41) is 7.40. The van der Waals surface area contributed by atoms with E-state index in [0.29, 0.717) is 6.04 Å². The largest absolute Gasteiger partial charge is 0.360 e. The van der Waals surface area contributed by atoms with Crippen LogP contribution in [0.1, 0.15) is 23.1 Å². The third-order valence-corrected chi connectivity index (χ3v) is 4.08. The number of fused-ring (bicyclic) bond motifs is 1. The molecule has 1 aliphatic rings. The summed E-state index contributed by atoms with van der Waals surface area (Å²) in [5.41, 5.74) is 2.33. The molecule has 1 unspecified atom stereocenters. The van der Waals surface area contributed by atoms with Crippen LogP contribution in [0.25, 0.3) is 0 Å². The Morgan fingerprint density at radius 2 is 2.35 bits per heavy atom. The molecule has 1 N–H and O–H groups in total. The van der Waals surface area contributed by atoms with E-state index in [2.05, 4.69) is 34.7 Å². The second-order valence-electron chi connectivity index (χ2n) is 4.22. The van der Waals surface area contributed by atoms with Crippen LogP contribution in [0.2, 0.25) is 0 Å². The minimum absolute atomic E-state index is 0.418. The van der Waals surface area contributed by atoms with E-state index < -0.39 is 0 Å². The van der Waals surface area contributed by atoms with Gasteiger partial charge in [0.2, 0.25) is 0 Å². The highest BCUT2D eigenvalue weighted by molar-refractivity contribution is 7.99. The third-order valence-electron chi connectivity index (χ3n) is 2.90. The molecule has 17 heavy (non-hydrogen) atoms. The van der Waals surface area contributed by atoms with Crippen molar-refractivity contribution in [3.8, 4) is 0 Å². The number of aromatic nitrogens is 1. The first-order valence-corrected chi connectivity index (χ1v) is 6.69. The summed E-state index contributed by atoms with van der Waals surface area (Å²) in [6, 6.07) is 11.0. The van der Waals surface area contributed by atoms with Crippen LogP contribution in [0.15, 0.2) is 39.8 Å². The van der Waals surface area contributed by atoms with Gasteiger partial charge in [-0.25, -0.2) is 0 Å². The van der Waals surface area contributed by atoms with Crippen LogP contribution in [0.4, 0.5) is 0 Å². The number of hydrogen-bond donors (Lipinski definition) is 1. The van der Waals surface area contributed by atoms with Crippen LogP contribution < -0.4 is 5.32 Å². The lowest BCUT2D eigenvalue weighted by Crippen LogP contribution is -2.20. The van der Waals surface area contributed by atoms with E-state index in [1.165, 1.54) is 10.5 Å². The summed E-state index contributed by atoms with van der Waals surface area (Å²) in [6.07, 6.45) is 0. The molecule has 1 aliphatic heterocycles. The number of nitrogens with one attached hydrogen (secondary N) is 1. The van der Waals surface area contributed by atoms with Crippen molar-refractivity contribution in [3.63, 3.8) is 0 Å². The Balaban J connectivity index is 1.68. The van der Waals surface area contributed by atoms with Crippen molar-refractivity contribution in [1.29, 1.82) is 0 Å². The van der Waals surface area contributed by atoms with Gasteiger partial charge in [0.1, 0.15) is 0 Å². The summed E-state index contributed by atoms with van der Waals surface area (Å²) in [7, 11) is 0. The van der Waals surface area contributed by atoms with Gasteiger partial charge in [0.15, 0.2) is 5.76 Å². The highest BCUT2D eigenvalue weighted by Gasteiger charge is 2.22. The average Bonchev–Trinajstić information content (AvgIpc) is 2.93. The zero-order valence-electron chi connectivity index (χ0n) is 9.64. The van der Waals surface area contributed by atoms with Crippen LogP contribution in [-0.2, 0) is 6.54 Å². The highest BCUT2D eigenvalue weighted by atomic mass is 32.2. The van der Waals surface area contributed by atoms with E-state index in [4.69, 9.17) is 4.52 Å². The lowest BCUT2D eigenvalue weighted by Gasteiger charge is -2.11. The van der Waals surface area contributed by atoms with Crippen LogP contribution in [0.5, 0.6) is 0 Å². The summed E-state index contributed by atoms with van der Waals surface area (Å²) in [6.45, 7) is 2.67. The Kier molecular flexibility index (Phi) is 2.91. The Morgan fingerprint density at radius 3 is 3.18 bits per heavy atom. The minimum Gasteiger partial charge on any atom is -0.360 e. The Morgan fingerprint density at radius 1 is 1.47 bits per heavy atom. The molecule has 0 aliphatic carbocycles. The molecule has 2 aromatic rings. The van der Waals surface area contributed by atoms with Crippen molar-refractivity contribution in [2.45, 2.75) is 24.4 Å². The van der Waals surface area contributed by atoms with Crippen molar-refractivity contribution < 1.29 is 4.52 Å². The number of thioether (sulfide) groups is 1. The third kappa shape index (κ3) is 2.23. The maximum Gasteiger partial charge on any atom is 0.150 e. The molecule has 2 heterocycles. The van der Waals surface area contributed by atoms with Crippen LogP contribution in [0, 0.1) is 6.92 Å². The number of aryl methyl sites for hydroxylation is 1. The molecule has 0 amide bonds. The van der Waals surface area contributed by atoms with Crippen molar-refractivity contribution in [2.75, 3.05) is 5.75 Å². The van der Waals surface area contributed by atoms with Gasteiger partial charge in [0.25, 0.3) is 0 Å². The molecule has 1 aromatic carbocycles. The van der Waals surface area contributed by atoms with Gasteiger partial charge in [-0.05, 0) is 18.6 Å². The fourth-order valence-electron chi connectivity index (χ4n) is 2.06. The quantitative estimate of drug-likeness (QED) is 0.903. The molecule has 0 saturated heterocycles. The van der Waals surface area contributed by atoms with E-state index in [-0.39, 0.29) is 0 Å². The summed E-state index contributed by atoms with van der Waals surface area (Å²) >= 11 is 1.91. The molecular weight excluding hydrogens is 232 g/mol. The predicted molar refractivity (Wildman–Crippen MR) is 68.0 cm³/mol. The zero-order valence-corrected chi connectivity index (χ0v) is 10.5. The molecule has 0 spiro atoms. The standard InChI is InChI=1S/C13H14N2OS/c1-9-6-10(16-15-9)7-14-12-8-17-13-5-3-2-4-11(12)13/h2-6,12,14H,7-8H2,1H3. The molecule has 88 valence electrons. The van der Waals surface area contributed by atoms with E-state index in [0.717, 1.165) is 23.8 Å². The fourth-order valence-corrected chi connectivity index (χ4v) is 3.25. The highest BCUT2D eigenvalue weighted by Crippen LogP contribution is 2.37. The molecule has 3 rings (SSSR count). The van der Waals surface area contributed by atoms with E-state index in [9.17, 15) is 0 Å². The summed E-state index contributed by atoms with van der Waals surface area (Å²) < 4.78 is 5.19. The van der Waals surface area contributed by atoms with E-state index >= 15 is 0 Å². The Bertz CT molecular complexity index is 524. The fraction of sp³-hybridized carbons (Fsp3) is 0.308. The van der Waals surface area contributed by atoms with Crippen molar-refractivity contribution in [2.24, 2.45) is 0 Å². The predicted octanol–water partition coefficient (Wildman–Crippen LogP) is 2.92. The Labute approximate surface area is 105 Å². The molecule has 0 fully saturated rings. The van der Waals surface area contributed by atoms with Gasteiger partial charge in [-0.15, -0.1) is 11.8 Å². The molecule has 0 bridgehead atoms. The number of hydrogen-bond acceptors (Lipinski definition) is 4. The Hall–Kier alpha value is -1.26.